The van der Waals surface area contributed by atoms with Gasteiger partial charge < -0.3 is 5.32 Å². The Morgan fingerprint density at radius 2 is 1.84 bits per heavy atom. The minimum Gasteiger partial charge on any atom is -0.376 e. The van der Waals surface area contributed by atoms with Crippen LogP contribution in [0.2, 0.25) is 0 Å². The van der Waals surface area contributed by atoms with Gasteiger partial charge in [-0.3, -0.25) is 4.57 Å². The Morgan fingerprint density at radius 3 is 2.42 bits per heavy atom. The predicted molar refractivity (Wildman–Crippen MR) is 80.3 cm³/mol. The number of nitrogens with zero attached hydrogens (tertiary/aromatic N) is 2. The zero-order chi connectivity index (χ0) is 14.0. The van der Waals surface area contributed by atoms with E-state index in [-0.39, 0.29) is 12.4 Å². The summed E-state index contributed by atoms with van der Waals surface area (Å²) in [6.07, 6.45) is 2.61. The van der Waals surface area contributed by atoms with E-state index in [1.807, 2.05) is 12.1 Å². The number of aromatic nitrogens is 2. The van der Waals surface area contributed by atoms with Gasteiger partial charge in [0.1, 0.15) is 5.82 Å². The van der Waals surface area contributed by atoms with E-state index in [0.29, 0.717) is 0 Å². The van der Waals surface area contributed by atoms with Gasteiger partial charge in [0.25, 0.3) is 0 Å². The van der Waals surface area contributed by atoms with Crippen LogP contribution in [-0.2, 0) is 6.54 Å². The van der Waals surface area contributed by atoms with Crippen LogP contribution in [0, 0.1) is 0 Å². The first kappa shape index (κ1) is 14.9. The molecule has 0 aliphatic heterocycles. The summed E-state index contributed by atoms with van der Waals surface area (Å²) in [4.78, 5) is 3.91. The molecule has 0 atom stereocenters. The average Bonchev–Trinajstić information content (AvgIpc) is 2.75. The molecule has 0 aliphatic carbocycles. The van der Waals surface area contributed by atoms with Crippen molar-refractivity contribution in [1.82, 2.24) is 9.55 Å². The lowest BCUT2D eigenvalue weighted by atomic mass is 10.3. The summed E-state index contributed by atoms with van der Waals surface area (Å²) in [5.41, 5.74) is 0.784. The molecule has 1 aromatic heterocycles. The van der Waals surface area contributed by atoms with E-state index in [9.17, 15) is 8.78 Å². The van der Waals surface area contributed by atoms with E-state index < -0.39 is 6.55 Å². The first-order valence-corrected chi connectivity index (χ1v) is 7.55. The van der Waals surface area contributed by atoms with Gasteiger partial charge in [-0.25, -0.2) is 4.98 Å². The summed E-state index contributed by atoms with van der Waals surface area (Å²) in [5, 5.41) is 3.07. The summed E-state index contributed by atoms with van der Waals surface area (Å²) in [6.45, 7) is -2.38. The van der Waals surface area contributed by atoms with E-state index in [4.69, 9.17) is 0 Å². The van der Waals surface area contributed by atoms with E-state index in [1.54, 1.807) is 0 Å². The molecule has 2 rings (SSSR count). The summed E-state index contributed by atoms with van der Waals surface area (Å²) >= 11 is 10.2. The molecule has 1 N–H and O–H groups in total. The molecule has 0 bridgehead atoms. The van der Waals surface area contributed by atoms with Crippen LogP contribution < -0.4 is 5.32 Å². The third-order valence-electron chi connectivity index (χ3n) is 2.39. The fraction of sp³-hybridized carbons (Fsp3) is 0.182. The Balaban J connectivity index is 2.17. The second-order valence-corrected chi connectivity index (χ2v) is 6.25. The lowest BCUT2D eigenvalue weighted by Gasteiger charge is -2.12. The molecule has 0 saturated carbocycles. The zero-order valence-electron chi connectivity index (χ0n) is 9.38. The van der Waals surface area contributed by atoms with Crippen molar-refractivity contribution in [2.24, 2.45) is 0 Å². The minimum absolute atomic E-state index is 0.205. The lowest BCUT2D eigenvalue weighted by molar-refractivity contribution is 0.0673. The normalized spacial score (nSPS) is 11.1. The molecule has 0 unspecified atom stereocenters. The molecule has 1 heterocycles. The van der Waals surface area contributed by atoms with Gasteiger partial charge in [-0.1, -0.05) is 15.9 Å². The Hall–Kier alpha value is -0.470. The second kappa shape index (κ2) is 6.32. The fourth-order valence-corrected chi connectivity index (χ4v) is 4.08. The summed E-state index contributed by atoms with van der Waals surface area (Å²) in [7, 11) is 0. The molecule has 19 heavy (non-hydrogen) atoms. The maximum atomic E-state index is 12.7. The van der Waals surface area contributed by atoms with Crippen molar-refractivity contribution >= 4 is 53.5 Å². The molecular weight excluding hydrogens is 452 g/mol. The Morgan fingerprint density at radius 1 is 1.21 bits per heavy atom. The van der Waals surface area contributed by atoms with Crippen LogP contribution in [0.1, 0.15) is 12.4 Å². The summed E-state index contributed by atoms with van der Waals surface area (Å²) in [5.74, 6) is 0.275. The molecule has 0 saturated heterocycles. The highest BCUT2D eigenvalue weighted by atomic mass is 79.9. The number of hydrogen-bond acceptors (Lipinski definition) is 2. The summed E-state index contributed by atoms with van der Waals surface area (Å²) < 4.78 is 28.7. The fourth-order valence-electron chi connectivity index (χ4n) is 1.54. The molecule has 0 radical (unpaired) electrons. The SMILES string of the molecule is FC(F)n1ccnc1CNc1c(Br)cc(Br)cc1Br. The maximum Gasteiger partial charge on any atom is 0.319 e. The van der Waals surface area contributed by atoms with Crippen molar-refractivity contribution < 1.29 is 8.78 Å². The molecule has 0 amide bonds. The van der Waals surface area contributed by atoms with E-state index in [0.717, 1.165) is 23.7 Å². The van der Waals surface area contributed by atoms with Gasteiger partial charge in [0, 0.05) is 25.8 Å². The number of alkyl halides is 2. The van der Waals surface area contributed by atoms with Gasteiger partial charge in [0.15, 0.2) is 0 Å². The molecule has 0 aliphatic rings. The molecule has 3 nitrogen and oxygen atoms in total. The quantitative estimate of drug-likeness (QED) is 0.683. The largest absolute Gasteiger partial charge is 0.376 e. The molecule has 8 heteroatoms. The van der Waals surface area contributed by atoms with Gasteiger partial charge in [-0.05, 0) is 44.0 Å². The van der Waals surface area contributed by atoms with Gasteiger partial charge in [-0.2, -0.15) is 8.78 Å². The zero-order valence-corrected chi connectivity index (χ0v) is 14.1. The van der Waals surface area contributed by atoms with Crippen molar-refractivity contribution in [2.45, 2.75) is 13.1 Å². The highest BCUT2D eigenvalue weighted by Gasteiger charge is 2.12. The van der Waals surface area contributed by atoms with E-state index >= 15 is 0 Å². The number of nitrogens with one attached hydrogen (secondary N) is 1. The lowest BCUT2D eigenvalue weighted by Crippen LogP contribution is -2.09. The number of imidazole rings is 1. The highest BCUT2D eigenvalue weighted by molar-refractivity contribution is 9.11. The summed E-state index contributed by atoms with van der Waals surface area (Å²) in [6, 6.07) is 3.74. The van der Waals surface area contributed by atoms with Crippen molar-refractivity contribution in [3.8, 4) is 0 Å². The van der Waals surface area contributed by atoms with Crippen LogP contribution in [0.15, 0.2) is 37.9 Å². The number of rotatable bonds is 4. The van der Waals surface area contributed by atoms with Crippen molar-refractivity contribution in [3.63, 3.8) is 0 Å². The van der Waals surface area contributed by atoms with Crippen molar-refractivity contribution in [1.29, 1.82) is 0 Å². The van der Waals surface area contributed by atoms with Crippen LogP contribution in [0.3, 0.4) is 0 Å². The number of anilines is 1. The topological polar surface area (TPSA) is 29.9 Å². The van der Waals surface area contributed by atoms with Crippen LogP contribution in [0.5, 0.6) is 0 Å². The molecular formula is C11H8Br3F2N3. The van der Waals surface area contributed by atoms with Gasteiger partial charge in [-0.15, -0.1) is 0 Å². The van der Waals surface area contributed by atoms with Crippen LogP contribution in [0.25, 0.3) is 0 Å². The molecule has 1 aromatic carbocycles. The third-order valence-corrected chi connectivity index (χ3v) is 4.10. The number of halogens is 5. The van der Waals surface area contributed by atoms with E-state index in [2.05, 4.69) is 58.1 Å². The molecule has 2 aromatic rings. The second-order valence-electron chi connectivity index (χ2n) is 3.63. The highest BCUT2D eigenvalue weighted by Crippen LogP contribution is 2.34. The van der Waals surface area contributed by atoms with Crippen LogP contribution in [-0.4, -0.2) is 9.55 Å². The molecule has 102 valence electrons. The van der Waals surface area contributed by atoms with Crippen LogP contribution >= 0.6 is 47.8 Å². The van der Waals surface area contributed by atoms with Crippen LogP contribution in [0.4, 0.5) is 14.5 Å². The van der Waals surface area contributed by atoms with Crippen molar-refractivity contribution in [3.05, 3.63) is 43.8 Å². The minimum atomic E-state index is -2.59. The maximum absolute atomic E-state index is 12.7. The Labute approximate surface area is 133 Å². The third kappa shape index (κ3) is 3.55. The number of benzene rings is 1. The Bertz CT molecular complexity index is 563. The van der Waals surface area contributed by atoms with Crippen molar-refractivity contribution in [2.75, 3.05) is 5.32 Å². The smallest absolute Gasteiger partial charge is 0.319 e. The Kier molecular flexibility index (Phi) is 4.97. The monoisotopic (exact) mass is 457 g/mol. The molecule has 0 fully saturated rings. The van der Waals surface area contributed by atoms with E-state index in [1.165, 1.54) is 12.4 Å². The first-order chi connectivity index (χ1) is 8.99. The number of hydrogen-bond donors (Lipinski definition) is 1. The molecule has 0 spiro atoms. The standard InChI is InChI=1S/C11H8Br3F2N3/c12-6-3-7(13)10(8(14)4-6)18-5-9-17-1-2-19(9)11(15)16/h1-4,11,18H,5H2. The van der Waals surface area contributed by atoms with Gasteiger partial charge in [0.05, 0.1) is 12.2 Å². The van der Waals surface area contributed by atoms with Gasteiger partial charge >= 0.3 is 6.55 Å². The first-order valence-electron chi connectivity index (χ1n) is 5.17. The average molecular weight is 460 g/mol. The predicted octanol–water partition coefficient (Wildman–Crippen LogP) is 5.18. The van der Waals surface area contributed by atoms with Gasteiger partial charge in [0.2, 0.25) is 0 Å².